The van der Waals surface area contributed by atoms with Crippen LogP contribution in [0.2, 0.25) is 0 Å². The van der Waals surface area contributed by atoms with Gasteiger partial charge in [0.15, 0.2) is 0 Å². The Hall–Kier alpha value is -1.80. The van der Waals surface area contributed by atoms with Crippen LogP contribution in [0.15, 0.2) is 0 Å². The van der Waals surface area contributed by atoms with Crippen LogP contribution in [0, 0.1) is 11.8 Å². The van der Waals surface area contributed by atoms with Crippen molar-refractivity contribution in [2.24, 2.45) is 11.8 Å². The number of halogens is 10. The van der Waals surface area contributed by atoms with Gasteiger partial charge in [0.1, 0.15) is 0 Å². The van der Waals surface area contributed by atoms with Crippen molar-refractivity contribution < 1.29 is 58.2 Å². The predicted molar refractivity (Wildman–Crippen MR) is 81.5 cm³/mol. The summed E-state index contributed by atoms with van der Waals surface area (Å²) in [5.74, 6) is -26.6. The summed E-state index contributed by atoms with van der Waals surface area (Å²) in [6, 6.07) is 0. The van der Waals surface area contributed by atoms with E-state index in [0.29, 0.717) is 0 Å². The zero-order valence-electron chi connectivity index (χ0n) is 16.1. The average molecular weight is 466 g/mol. The summed E-state index contributed by atoms with van der Waals surface area (Å²) in [6.07, 6.45) is -13.6. The van der Waals surface area contributed by atoms with Crippen molar-refractivity contribution >= 4 is 11.8 Å². The van der Waals surface area contributed by atoms with Crippen molar-refractivity contribution in [2.75, 3.05) is 13.1 Å². The molecule has 30 heavy (non-hydrogen) atoms. The van der Waals surface area contributed by atoms with Gasteiger partial charge in [-0.2, -0.15) is 43.9 Å². The summed E-state index contributed by atoms with van der Waals surface area (Å²) in [7, 11) is 0. The number of hydrogen-bond acceptors (Lipinski definition) is 3. The van der Waals surface area contributed by atoms with Crippen LogP contribution in [0.25, 0.3) is 0 Å². The molecule has 0 aliphatic carbocycles. The molecule has 0 heterocycles. The molecule has 1 atom stereocenters. The van der Waals surface area contributed by atoms with E-state index >= 15 is 0 Å². The van der Waals surface area contributed by atoms with Crippen molar-refractivity contribution in [1.82, 2.24) is 10.6 Å². The smallest absolute Gasteiger partial charge is 0.351 e. The molecule has 0 aliphatic heterocycles. The molecule has 0 fully saturated rings. The van der Waals surface area contributed by atoms with Crippen LogP contribution >= 0.6 is 0 Å². The summed E-state index contributed by atoms with van der Waals surface area (Å²) in [4.78, 5) is 22.6. The highest BCUT2D eigenvalue weighted by molar-refractivity contribution is 5.85. The third kappa shape index (κ3) is 5.88. The standard InChI is InChI=1S/C15H20F10N2O3/c1-7(2)5-26-9(28)11(16,17)13(19,20)15(24,25)30-12(18,14(21,22)23)10(29)27-6-8(3)4/h7-8H,5-6H2,1-4H3,(H,26,28)(H,27,29)/t12-/m0/s1. The van der Waals surface area contributed by atoms with E-state index in [4.69, 9.17) is 0 Å². The molecule has 0 aromatic carbocycles. The van der Waals surface area contributed by atoms with E-state index < -0.39 is 66.7 Å². The molecule has 2 N–H and O–H groups in total. The lowest BCUT2D eigenvalue weighted by Crippen LogP contribution is -2.66. The minimum atomic E-state index is -6.97. The van der Waals surface area contributed by atoms with Crippen LogP contribution in [0.4, 0.5) is 43.9 Å². The lowest BCUT2D eigenvalue weighted by Gasteiger charge is -2.36. The zero-order valence-corrected chi connectivity index (χ0v) is 16.1. The monoisotopic (exact) mass is 466 g/mol. The van der Waals surface area contributed by atoms with E-state index in [1.54, 1.807) is 0 Å². The molecule has 5 nitrogen and oxygen atoms in total. The van der Waals surface area contributed by atoms with Crippen molar-refractivity contribution in [3.8, 4) is 0 Å². The molecule has 0 aromatic heterocycles. The molecule has 0 spiro atoms. The van der Waals surface area contributed by atoms with Crippen LogP contribution in [0.5, 0.6) is 0 Å². The fourth-order valence-electron chi connectivity index (χ4n) is 1.62. The van der Waals surface area contributed by atoms with Gasteiger partial charge in [-0.1, -0.05) is 27.7 Å². The molecule has 0 saturated carbocycles. The van der Waals surface area contributed by atoms with Crippen LogP contribution < -0.4 is 10.6 Å². The van der Waals surface area contributed by atoms with Gasteiger partial charge in [0.05, 0.1) is 0 Å². The lowest BCUT2D eigenvalue weighted by atomic mass is 10.1. The van der Waals surface area contributed by atoms with Gasteiger partial charge in [-0.05, 0) is 11.8 Å². The molecule has 0 radical (unpaired) electrons. The highest BCUT2D eigenvalue weighted by atomic mass is 19.4. The number of ether oxygens (including phenoxy) is 1. The van der Waals surface area contributed by atoms with Gasteiger partial charge in [-0.25, -0.2) is 0 Å². The summed E-state index contributed by atoms with van der Waals surface area (Å²) < 4.78 is 137. The average Bonchev–Trinajstić information content (AvgIpc) is 2.55. The Labute approximate surface area is 164 Å². The molecular weight excluding hydrogens is 446 g/mol. The van der Waals surface area contributed by atoms with Crippen LogP contribution in [0.1, 0.15) is 27.7 Å². The fourth-order valence-corrected chi connectivity index (χ4v) is 1.62. The maximum Gasteiger partial charge on any atom is 0.458 e. The molecule has 0 bridgehead atoms. The molecule has 15 heteroatoms. The second-order valence-corrected chi connectivity index (χ2v) is 7.07. The number of carbonyl (C=O) groups is 2. The van der Waals surface area contributed by atoms with Crippen LogP contribution in [0.3, 0.4) is 0 Å². The van der Waals surface area contributed by atoms with Crippen molar-refractivity contribution in [1.29, 1.82) is 0 Å². The first-order valence-electron chi connectivity index (χ1n) is 8.29. The third-order valence-electron chi connectivity index (χ3n) is 3.31. The fraction of sp³-hybridized carbons (Fsp3) is 0.867. The van der Waals surface area contributed by atoms with Crippen LogP contribution in [-0.2, 0) is 14.3 Å². The van der Waals surface area contributed by atoms with Crippen molar-refractivity contribution in [2.45, 2.75) is 57.7 Å². The normalized spacial score (nSPS) is 15.9. The lowest BCUT2D eigenvalue weighted by molar-refractivity contribution is -0.455. The first kappa shape index (κ1) is 28.2. The van der Waals surface area contributed by atoms with Gasteiger partial charge in [0.2, 0.25) is 0 Å². The molecule has 2 amide bonds. The second-order valence-electron chi connectivity index (χ2n) is 7.07. The maximum atomic E-state index is 14.1. The SMILES string of the molecule is CC(C)CNC(=O)C(F)(F)C(F)(F)C(F)(F)O[C@@](F)(C(=O)NCC(C)C)C(F)(F)F. The van der Waals surface area contributed by atoms with Gasteiger partial charge in [0.25, 0.3) is 11.8 Å². The Bertz CT molecular complexity index is 622. The number of hydrogen-bond donors (Lipinski definition) is 2. The van der Waals surface area contributed by atoms with E-state index in [0.717, 1.165) is 0 Å². The minimum absolute atomic E-state index is 0.594. The Morgan fingerprint density at radius 3 is 1.43 bits per heavy atom. The topological polar surface area (TPSA) is 67.4 Å². The Balaban J connectivity index is 5.98. The molecule has 0 aliphatic rings. The van der Waals surface area contributed by atoms with Gasteiger partial charge in [-0.15, -0.1) is 0 Å². The molecule has 0 rings (SSSR count). The van der Waals surface area contributed by atoms with E-state index in [9.17, 15) is 53.5 Å². The number of nitrogens with one attached hydrogen (secondary N) is 2. The third-order valence-corrected chi connectivity index (χ3v) is 3.31. The molecule has 0 unspecified atom stereocenters. The largest absolute Gasteiger partial charge is 0.458 e. The van der Waals surface area contributed by atoms with Crippen molar-refractivity contribution in [3.05, 3.63) is 0 Å². The van der Waals surface area contributed by atoms with Gasteiger partial charge >= 0.3 is 30.0 Å². The van der Waals surface area contributed by atoms with Crippen LogP contribution in [-0.4, -0.2) is 54.9 Å². The Morgan fingerprint density at radius 2 is 1.10 bits per heavy atom. The number of carbonyl (C=O) groups excluding carboxylic acids is 2. The number of alkyl halides is 10. The molecule has 0 aromatic rings. The van der Waals surface area contributed by atoms with E-state index in [2.05, 4.69) is 4.74 Å². The zero-order chi connectivity index (χ0) is 24.3. The van der Waals surface area contributed by atoms with E-state index in [1.807, 2.05) is 0 Å². The maximum absolute atomic E-state index is 14.1. The van der Waals surface area contributed by atoms with Crippen molar-refractivity contribution in [3.63, 3.8) is 0 Å². The van der Waals surface area contributed by atoms with Gasteiger partial charge in [0, 0.05) is 13.1 Å². The molecular formula is C15H20F10N2O3. The van der Waals surface area contributed by atoms with Gasteiger partial charge in [-0.3, -0.25) is 14.3 Å². The Kier molecular flexibility index (Phi) is 8.59. The Morgan fingerprint density at radius 1 is 0.733 bits per heavy atom. The van der Waals surface area contributed by atoms with E-state index in [-0.39, 0.29) is 0 Å². The number of amides is 2. The molecule has 0 saturated heterocycles. The second kappa shape index (κ2) is 9.14. The first-order valence-corrected chi connectivity index (χ1v) is 8.29. The quantitative estimate of drug-likeness (QED) is 0.484. The summed E-state index contributed by atoms with van der Waals surface area (Å²) >= 11 is 0. The molecule has 178 valence electrons. The summed E-state index contributed by atoms with van der Waals surface area (Å²) in [5, 5.41) is 2.39. The number of rotatable bonds is 10. The minimum Gasteiger partial charge on any atom is -0.351 e. The highest BCUT2D eigenvalue weighted by Crippen LogP contribution is 2.50. The summed E-state index contributed by atoms with van der Waals surface area (Å²) in [5.41, 5.74) is 0. The predicted octanol–water partition coefficient (Wildman–Crippen LogP) is 3.64. The summed E-state index contributed by atoms with van der Waals surface area (Å²) in [6.45, 7) is 3.85. The van der Waals surface area contributed by atoms with Gasteiger partial charge < -0.3 is 10.6 Å². The highest BCUT2D eigenvalue weighted by Gasteiger charge is 2.80. The van der Waals surface area contributed by atoms with E-state index in [1.165, 1.54) is 38.3 Å². The first-order chi connectivity index (χ1) is 13.1.